The molecule has 2 heterocycles. The van der Waals surface area contributed by atoms with E-state index in [4.69, 9.17) is 34.6 Å². The second kappa shape index (κ2) is 19.2. The SMILES string of the molecule is [2H]C([2H])([2H])C(c1cc(-c2nc3c(-c4[c-]c(-c5cc(-c6ccc(-c7ccccc7)cc6)ccn5)cc(C(C)(C)C)c4)cccc3n2-c2ccc(-c3ccccc3)c(CC(C)C)c2)c(O)c(C(C([2H])([2H])[2H])(C([2H])([2H])[2H])C([2H])([2H])[2H])c1)(C([2H])([2H])[2H])C([2H])([2H])[2H].[Pt]. The third kappa shape index (κ3) is 10.2. The summed E-state index contributed by atoms with van der Waals surface area (Å²) in [6, 6.07) is 50.8. The molecule has 0 amide bonds. The third-order valence-corrected chi connectivity index (χ3v) is 12.3. The minimum atomic E-state index is -4.13. The van der Waals surface area contributed by atoms with Crippen LogP contribution >= 0.6 is 0 Å². The first-order valence-corrected chi connectivity index (χ1v) is 22.6. The summed E-state index contributed by atoms with van der Waals surface area (Å²) in [5.41, 5.74) is -1.87. The minimum absolute atomic E-state index is 0. The van der Waals surface area contributed by atoms with Crippen molar-refractivity contribution in [3.8, 4) is 78.6 Å². The maximum atomic E-state index is 13.0. The maximum Gasteiger partial charge on any atom is 0.148 e. The van der Waals surface area contributed by atoms with Gasteiger partial charge in [-0.05, 0) is 103 Å². The Morgan fingerprint density at radius 1 is 0.580 bits per heavy atom. The average Bonchev–Trinajstić information content (AvgIpc) is 1.01. The standard InChI is InChI=1S/C64H64N3O.Pt/c1-41(2)33-47-37-52(29-30-53(47)45-21-16-13-17-22-45)67-58-24-18-23-54(59(58)66-61(67)55-39-51(63(6,7)8)40-56(60(55)68)64(9,10)11)48-34-49(36-50(35-48)62(3,4)5)57-38-46(31-32-65-57)44-27-25-43(26-28-44)42-19-14-12-15-20-42;/h12-32,35-41,68H,33H2,1-11H3;/q-1;/i6D3,7D3,8D3,9D3,10D3,11D3;. The normalized spacial score (nSPS) is 17.1. The number of nitrogens with zero attached hydrogens (tertiary/aromatic N) is 3. The summed E-state index contributed by atoms with van der Waals surface area (Å²) in [7, 11) is 0. The van der Waals surface area contributed by atoms with Crippen LogP contribution in [0.3, 0.4) is 0 Å². The van der Waals surface area contributed by atoms with Crippen molar-refractivity contribution in [2.45, 2.75) is 98.4 Å². The van der Waals surface area contributed by atoms with Gasteiger partial charge < -0.3 is 5.11 Å². The Bertz CT molecular complexity index is 3890. The van der Waals surface area contributed by atoms with Crippen LogP contribution in [0.1, 0.15) is 123 Å². The average molecular weight is 1100 g/mol. The maximum absolute atomic E-state index is 13.0. The number of hydrogen-bond donors (Lipinski definition) is 1. The van der Waals surface area contributed by atoms with Gasteiger partial charge >= 0.3 is 0 Å². The molecule has 0 aliphatic rings. The fraction of sp³-hybridized carbons (Fsp3) is 0.250. The van der Waals surface area contributed by atoms with Crippen LogP contribution in [0.4, 0.5) is 0 Å². The van der Waals surface area contributed by atoms with Crippen LogP contribution in [0.15, 0.2) is 164 Å². The number of aromatic nitrogens is 3. The molecule has 9 aromatic rings. The van der Waals surface area contributed by atoms with Gasteiger partial charge in [0.25, 0.3) is 0 Å². The molecule has 352 valence electrons. The molecule has 0 radical (unpaired) electrons. The summed E-state index contributed by atoms with van der Waals surface area (Å²) in [5, 5.41) is 13.0. The van der Waals surface area contributed by atoms with Crippen molar-refractivity contribution in [2.24, 2.45) is 5.92 Å². The Labute approximate surface area is 450 Å². The Hall–Kier alpha value is -6.35. The van der Waals surface area contributed by atoms with E-state index in [1.807, 2.05) is 144 Å². The van der Waals surface area contributed by atoms with Gasteiger partial charge in [-0.25, -0.2) is 4.98 Å². The molecule has 0 bridgehead atoms. The predicted molar refractivity (Wildman–Crippen MR) is 287 cm³/mol. The van der Waals surface area contributed by atoms with Crippen LogP contribution in [-0.4, -0.2) is 19.6 Å². The molecule has 0 spiro atoms. The zero-order valence-corrected chi connectivity index (χ0v) is 41.3. The fourth-order valence-electron chi connectivity index (χ4n) is 8.82. The number of pyridine rings is 1. The zero-order valence-electron chi connectivity index (χ0n) is 57.0. The Morgan fingerprint density at radius 3 is 1.86 bits per heavy atom. The molecule has 9 rings (SSSR count). The number of imidazole rings is 1. The summed E-state index contributed by atoms with van der Waals surface area (Å²) in [4.78, 5) is 10.0. The quantitative estimate of drug-likeness (QED) is 0.147. The zero-order chi connectivity index (χ0) is 63.1. The molecule has 0 atom stereocenters. The van der Waals surface area contributed by atoms with E-state index in [1.54, 1.807) is 30.5 Å². The van der Waals surface area contributed by atoms with Gasteiger partial charge in [-0.3, -0.25) is 9.55 Å². The first kappa shape index (κ1) is 31.0. The molecule has 0 aliphatic heterocycles. The van der Waals surface area contributed by atoms with Crippen LogP contribution in [0.25, 0.3) is 83.9 Å². The molecule has 0 saturated carbocycles. The van der Waals surface area contributed by atoms with Gasteiger partial charge in [-0.2, -0.15) is 0 Å². The van der Waals surface area contributed by atoms with Crippen molar-refractivity contribution in [1.82, 2.24) is 14.5 Å². The number of hydrogen-bond acceptors (Lipinski definition) is 3. The van der Waals surface area contributed by atoms with Crippen molar-refractivity contribution in [1.29, 1.82) is 0 Å². The molecule has 0 aliphatic carbocycles. The number of fused-ring (bicyclic) bond motifs is 1. The van der Waals surface area contributed by atoms with E-state index in [0.29, 0.717) is 40.6 Å². The van der Waals surface area contributed by atoms with Crippen molar-refractivity contribution in [2.75, 3.05) is 0 Å². The number of benzene rings is 7. The van der Waals surface area contributed by atoms with E-state index in [0.717, 1.165) is 50.6 Å². The van der Waals surface area contributed by atoms with E-state index < -0.39 is 85.6 Å². The van der Waals surface area contributed by atoms with E-state index in [-0.39, 0.29) is 38.0 Å². The van der Waals surface area contributed by atoms with Gasteiger partial charge in [-0.1, -0.05) is 202 Å². The minimum Gasteiger partial charge on any atom is -0.507 e. The second-order valence-electron chi connectivity index (χ2n) is 19.0. The Kier molecular flexibility index (Phi) is 8.63. The van der Waals surface area contributed by atoms with Crippen LogP contribution < -0.4 is 0 Å². The topological polar surface area (TPSA) is 50.9 Å². The number of para-hydroxylation sites is 1. The summed E-state index contributed by atoms with van der Waals surface area (Å²) in [6.45, 7) is -14.3. The monoisotopic (exact) mass is 1100 g/mol. The fourth-order valence-corrected chi connectivity index (χ4v) is 8.82. The van der Waals surface area contributed by atoms with Crippen molar-refractivity contribution < 1.29 is 50.8 Å². The van der Waals surface area contributed by atoms with E-state index in [2.05, 4.69) is 18.2 Å². The van der Waals surface area contributed by atoms with Gasteiger partial charge in [0.15, 0.2) is 0 Å². The van der Waals surface area contributed by atoms with Gasteiger partial charge in [0.05, 0.1) is 16.6 Å². The van der Waals surface area contributed by atoms with Crippen molar-refractivity contribution in [3.63, 3.8) is 0 Å². The molecular weight excluding hydrogens is 1020 g/mol. The largest absolute Gasteiger partial charge is 0.507 e. The molecular formula is C64H64N3OPt-. The first-order chi connectivity index (χ1) is 39.8. The Morgan fingerprint density at radius 2 is 1.20 bits per heavy atom. The third-order valence-electron chi connectivity index (χ3n) is 12.3. The molecule has 5 heteroatoms. The summed E-state index contributed by atoms with van der Waals surface area (Å²) >= 11 is 0. The van der Waals surface area contributed by atoms with Gasteiger partial charge in [0.2, 0.25) is 0 Å². The number of phenolic OH excluding ortho intramolecular Hbond substituents is 1. The number of aromatic hydroxyl groups is 1. The molecule has 4 nitrogen and oxygen atoms in total. The molecule has 69 heavy (non-hydrogen) atoms. The van der Waals surface area contributed by atoms with Crippen LogP contribution in [0, 0.1) is 12.0 Å². The van der Waals surface area contributed by atoms with Gasteiger partial charge in [0, 0.05) is 68.9 Å². The van der Waals surface area contributed by atoms with Crippen molar-refractivity contribution in [3.05, 3.63) is 192 Å². The van der Waals surface area contributed by atoms with E-state index in [1.165, 1.54) is 4.57 Å². The van der Waals surface area contributed by atoms with Crippen molar-refractivity contribution >= 4 is 11.0 Å². The molecule has 7 aromatic carbocycles. The summed E-state index contributed by atoms with van der Waals surface area (Å²) in [5.74, 6) is -1.67. The van der Waals surface area contributed by atoms with Gasteiger partial charge in [-0.15, -0.1) is 29.3 Å². The van der Waals surface area contributed by atoms with E-state index in [9.17, 15) is 5.11 Å². The van der Waals surface area contributed by atoms with Gasteiger partial charge in [0.1, 0.15) is 11.6 Å². The number of phenols is 1. The van der Waals surface area contributed by atoms with Crippen LogP contribution in [0.5, 0.6) is 5.75 Å². The number of rotatable bonds is 9. The molecule has 2 aromatic heterocycles. The van der Waals surface area contributed by atoms with Crippen LogP contribution in [0.2, 0.25) is 0 Å². The first-order valence-electron chi connectivity index (χ1n) is 31.6. The molecule has 0 unspecified atom stereocenters. The smallest absolute Gasteiger partial charge is 0.148 e. The van der Waals surface area contributed by atoms with Crippen LogP contribution in [-0.2, 0) is 43.7 Å². The summed E-state index contributed by atoms with van der Waals surface area (Å²) in [6.07, 6.45) is 2.23. The summed E-state index contributed by atoms with van der Waals surface area (Å²) < 4.78 is 160. The molecule has 1 N–H and O–H groups in total. The molecule has 0 saturated heterocycles. The second-order valence-corrected chi connectivity index (χ2v) is 19.0. The van der Waals surface area contributed by atoms with E-state index >= 15 is 0 Å². The molecule has 0 fully saturated rings. The predicted octanol–water partition coefficient (Wildman–Crippen LogP) is 17.0. The Balaban J connectivity index is 0.00000982.